The van der Waals surface area contributed by atoms with Gasteiger partial charge in [0.2, 0.25) is 10.0 Å². The van der Waals surface area contributed by atoms with Gasteiger partial charge < -0.3 is 9.88 Å². The first-order valence-electron chi connectivity index (χ1n) is 8.83. The molecule has 0 bridgehead atoms. The van der Waals surface area contributed by atoms with Crippen molar-refractivity contribution in [2.45, 2.75) is 11.3 Å². The fraction of sp³-hybridized carbons (Fsp3) is 0.316. The molecule has 0 unspecified atom stereocenters. The number of benzene rings is 1. The van der Waals surface area contributed by atoms with E-state index in [0.29, 0.717) is 18.0 Å². The van der Waals surface area contributed by atoms with Crippen LogP contribution in [0.3, 0.4) is 0 Å². The average molecular weight is 370 g/mol. The zero-order valence-corrected chi connectivity index (χ0v) is 15.3. The fourth-order valence-electron chi connectivity index (χ4n) is 3.43. The number of nitrogens with zero attached hydrogens (tertiary/aromatic N) is 3. The minimum absolute atomic E-state index is 0.375. The van der Waals surface area contributed by atoms with Gasteiger partial charge in [-0.1, -0.05) is 18.2 Å². The molecule has 1 aliphatic heterocycles. The third-order valence-electron chi connectivity index (χ3n) is 4.95. The molecule has 26 heavy (non-hydrogen) atoms. The Labute approximate surface area is 153 Å². The van der Waals surface area contributed by atoms with Crippen molar-refractivity contribution in [1.29, 1.82) is 0 Å². The molecular formula is C19H22N4O2S. The van der Waals surface area contributed by atoms with Crippen LogP contribution in [-0.2, 0) is 16.4 Å². The van der Waals surface area contributed by atoms with Gasteiger partial charge in [0, 0.05) is 50.5 Å². The number of H-pyrrole nitrogens is 1. The summed E-state index contributed by atoms with van der Waals surface area (Å²) >= 11 is 0. The van der Waals surface area contributed by atoms with Crippen molar-refractivity contribution in [3.8, 4) is 0 Å². The second kappa shape index (κ2) is 7.19. The number of hydrogen-bond donors (Lipinski definition) is 1. The molecule has 2 aromatic heterocycles. The van der Waals surface area contributed by atoms with Crippen LogP contribution in [0.15, 0.2) is 59.8 Å². The van der Waals surface area contributed by atoms with Gasteiger partial charge in [0.1, 0.15) is 5.65 Å². The van der Waals surface area contributed by atoms with Crippen LogP contribution in [-0.4, -0.2) is 60.3 Å². The monoisotopic (exact) mass is 370 g/mol. The van der Waals surface area contributed by atoms with Crippen molar-refractivity contribution in [1.82, 2.24) is 19.2 Å². The maximum atomic E-state index is 12.7. The number of aromatic amines is 1. The topological polar surface area (TPSA) is 69.3 Å². The molecule has 136 valence electrons. The third kappa shape index (κ3) is 3.38. The number of piperazine rings is 1. The molecule has 1 aromatic carbocycles. The first-order chi connectivity index (χ1) is 12.6. The van der Waals surface area contributed by atoms with E-state index < -0.39 is 10.0 Å². The second-order valence-corrected chi connectivity index (χ2v) is 8.46. The molecule has 0 spiro atoms. The van der Waals surface area contributed by atoms with Gasteiger partial charge in [0.25, 0.3) is 0 Å². The smallest absolute Gasteiger partial charge is 0.243 e. The second-order valence-electron chi connectivity index (χ2n) is 6.52. The molecule has 0 saturated carbocycles. The summed E-state index contributed by atoms with van der Waals surface area (Å²) in [6.07, 6.45) is 4.74. The summed E-state index contributed by atoms with van der Waals surface area (Å²) in [5.41, 5.74) is 2.17. The van der Waals surface area contributed by atoms with E-state index in [1.165, 1.54) is 5.56 Å². The molecule has 1 N–H and O–H groups in total. The van der Waals surface area contributed by atoms with Crippen LogP contribution in [0.1, 0.15) is 5.56 Å². The van der Waals surface area contributed by atoms with Gasteiger partial charge in [-0.15, -0.1) is 0 Å². The Kier molecular flexibility index (Phi) is 4.76. The molecule has 3 aromatic rings. The summed E-state index contributed by atoms with van der Waals surface area (Å²) in [6, 6.07) is 12.7. The lowest BCUT2D eigenvalue weighted by molar-refractivity contribution is 0.190. The Morgan fingerprint density at radius 3 is 2.54 bits per heavy atom. The quantitative estimate of drug-likeness (QED) is 0.747. The van der Waals surface area contributed by atoms with Gasteiger partial charge in [-0.25, -0.2) is 13.4 Å². The minimum atomic E-state index is -3.38. The molecule has 6 nitrogen and oxygen atoms in total. The van der Waals surface area contributed by atoms with Crippen LogP contribution >= 0.6 is 0 Å². The summed E-state index contributed by atoms with van der Waals surface area (Å²) in [5, 5.41) is 1.16. The SMILES string of the molecule is O=S(=O)(c1ccccc1)N1CCN(CCc2c[nH]c3ncccc23)CC1. The Morgan fingerprint density at radius 2 is 1.77 bits per heavy atom. The average Bonchev–Trinajstić information content (AvgIpc) is 3.11. The van der Waals surface area contributed by atoms with Crippen molar-refractivity contribution in [3.05, 3.63) is 60.4 Å². The van der Waals surface area contributed by atoms with E-state index in [9.17, 15) is 8.42 Å². The Hall–Kier alpha value is -2.22. The predicted octanol–water partition coefficient (Wildman–Crippen LogP) is 2.11. The van der Waals surface area contributed by atoms with Crippen LogP contribution in [0.4, 0.5) is 0 Å². The number of rotatable bonds is 5. The number of fused-ring (bicyclic) bond motifs is 1. The third-order valence-corrected chi connectivity index (χ3v) is 6.86. The molecule has 4 rings (SSSR count). The van der Waals surface area contributed by atoms with Crippen LogP contribution in [0.5, 0.6) is 0 Å². The van der Waals surface area contributed by atoms with E-state index in [0.717, 1.165) is 37.1 Å². The highest BCUT2D eigenvalue weighted by Crippen LogP contribution is 2.19. The van der Waals surface area contributed by atoms with E-state index in [1.807, 2.05) is 18.3 Å². The molecule has 0 radical (unpaired) electrons. The van der Waals surface area contributed by atoms with E-state index in [1.54, 1.807) is 34.8 Å². The zero-order chi connectivity index (χ0) is 18.0. The van der Waals surface area contributed by atoms with E-state index >= 15 is 0 Å². The highest BCUT2D eigenvalue weighted by Gasteiger charge is 2.28. The zero-order valence-electron chi connectivity index (χ0n) is 14.5. The van der Waals surface area contributed by atoms with Gasteiger partial charge in [0.15, 0.2) is 0 Å². The normalized spacial score (nSPS) is 16.9. The van der Waals surface area contributed by atoms with Gasteiger partial charge in [-0.2, -0.15) is 4.31 Å². The number of hydrogen-bond acceptors (Lipinski definition) is 4. The highest BCUT2D eigenvalue weighted by atomic mass is 32.2. The van der Waals surface area contributed by atoms with Crippen LogP contribution in [0.25, 0.3) is 11.0 Å². The van der Waals surface area contributed by atoms with Crippen LogP contribution in [0.2, 0.25) is 0 Å². The summed E-state index contributed by atoms with van der Waals surface area (Å²) in [7, 11) is -3.38. The van der Waals surface area contributed by atoms with E-state index in [2.05, 4.69) is 20.9 Å². The van der Waals surface area contributed by atoms with E-state index in [4.69, 9.17) is 0 Å². The van der Waals surface area contributed by atoms with Gasteiger partial charge >= 0.3 is 0 Å². The predicted molar refractivity (Wildman–Crippen MR) is 101 cm³/mol. The van der Waals surface area contributed by atoms with Crippen LogP contribution in [0, 0.1) is 0 Å². The molecule has 1 saturated heterocycles. The lowest BCUT2D eigenvalue weighted by Gasteiger charge is -2.33. The lowest BCUT2D eigenvalue weighted by Crippen LogP contribution is -2.48. The van der Waals surface area contributed by atoms with Crippen molar-refractivity contribution in [2.75, 3.05) is 32.7 Å². The highest BCUT2D eigenvalue weighted by molar-refractivity contribution is 7.89. The van der Waals surface area contributed by atoms with Gasteiger partial charge in [-0.3, -0.25) is 0 Å². The maximum Gasteiger partial charge on any atom is 0.243 e. The molecular weight excluding hydrogens is 348 g/mol. The van der Waals surface area contributed by atoms with Crippen molar-refractivity contribution >= 4 is 21.1 Å². The molecule has 0 atom stereocenters. The van der Waals surface area contributed by atoms with Gasteiger partial charge in [0.05, 0.1) is 4.90 Å². The molecule has 7 heteroatoms. The molecule has 1 aliphatic rings. The summed E-state index contributed by atoms with van der Waals surface area (Å²) < 4.78 is 27.0. The standard InChI is InChI=1S/C19H22N4O2S/c24-26(25,17-5-2-1-3-6-17)23-13-11-22(12-14-23)10-8-16-15-21-19-18(16)7-4-9-20-19/h1-7,9,15H,8,10-14H2,(H,20,21). The summed E-state index contributed by atoms with van der Waals surface area (Å²) in [5.74, 6) is 0. The number of sulfonamides is 1. The largest absolute Gasteiger partial charge is 0.346 e. The Morgan fingerprint density at radius 1 is 1.00 bits per heavy atom. The molecule has 1 fully saturated rings. The number of pyridine rings is 1. The molecule has 3 heterocycles. The maximum absolute atomic E-state index is 12.7. The first kappa shape index (κ1) is 17.2. The minimum Gasteiger partial charge on any atom is -0.346 e. The lowest BCUT2D eigenvalue weighted by atomic mass is 10.1. The molecule has 0 aliphatic carbocycles. The fourth-order valence-corrected chi connectivity index (χ4v) is 4.88. The number of aromatic nitrogens is 2. The van der Waals surface area contributed by atoms with Gasteiger partial charge in [-0.05, 0) is 36.2 Å². The van der Waals surface area contributed by atoms with Crippen LogP contribution < -0.4 is 0 Å². The van der Waals surface area contributed by atoms with Crippen molar-refractivity contribution < 1.29 is 8.42 Å². The summed E-state index contributed by atoms with van der Waals surface area (Å²) in [4.78, 5) is 10.2. The Bertz CT molecular complexity index is 977. The Balaban J connectivity index is 1.35. The number of nitrogens with one attached hydrogen (secondary N) is 1. The van der Waals surface area contributed by atoms with Crippen molar-refractivity contribution in [3.63, 3.8) is 0 Å². The van der Waals surface area contributed by atoms with Crippen molar-refractivity contribution in [2.24, 2.45) is 0 Å². The van der Waals surface area contributed by atoms with E-state index in [-0.39, 0.29) is 0 Å². The first-order valence-corrected chi connectivity index (χ1v) is 10.3. The molecule has 0 amide bonds. The summed E-state index contributed by atoms with van der Waals surface area (Å²) in [6.45, 7) is 3.50.